The van der Waals surface area contributed by atoms with Crippen LogP contribution in [0.5, 0.6) is 0 Å². The van der Waals surface area contributed by atoms with Crippen LogP contribution in [0.4, 0.5) is 4.39 Å². The van der Waals surface area contributed by atoms with Gasteiger partial charge in [0, 0.05) is 22.4 Å². The molecule has 0 aliphatic rings. The van der Waals surface area contributed by atoms with Gasteiger partial charge in [0.1, 0.15) is 5.82 Å². The molecule has 3 heteroatoms. The number of fused-ring (bicyclic) bond motifs is 1. The molecular weight excluding hydrogens is 221 g/mol. The van der Waals surface area contributed by atoms with Crippen LogP contribution in [0.3, 0.4) is 0 Å². The molecular formula is C9H7BrFN. The van der Waals surface area contributed by atoms with E-state index in [0.29, 0.717) is 10.7 Å². The fourth-order valence-electron chi connectivity index (χ4n) is 1.33. The number of aromatic amines is 1. The van der Waals surface area contributed by atoms with E-state index >= 15 is 0 Å². The molecule has 0 saturated carbocycles. The first-order valence-electron chi connectivity index (χ1n) is 3.63. The highest BCUT2D eigenvalue weighted by Crippen LogP contribution is 2.22. The second-order valence-corrected chi connectivity index (χ2v) is 3.17. The number of halogens is 2. The largest absolute Gasteiger partial charge is 0.359 e. The Morgan fingerprint density at radius 2 is 2.25 bits per heavy atom. The van der Waals surface area contributed by atoms with E-state index in [2.05, 4.69) is 20.9 Å². The minimum absolute atomic E-state index is 0.181. The van der Waals surface area contributed by atoms with Crippen molar-refractivity contribution in [1.82, 2.24) is 4.98 Å². The van der Waals surface area contributed by atoms with Crippen molar-refractivity contribution in [2.24, 2.45) is 0 Å². The second kappa shape index (κ2) is 2.90. The third-order valence-electron chi connectivity index (χ3n) is 1.89. The average Bonchev–Trinajstić information content (AvgIpc) is 2.48. The smallest absolute Gasteiger partial charge is 0.148 e. The molecule has 1 nitrogen and oxygen atoms in total. The molecule has 0 fully saturated rings. The lowest BCUT2D eigenvalue weighted by molar-refractivity contribution is 0.639. The lowest BCUT2D eigenvalue weighted by atomic mass is 10.1. The Bertz CT molecular complexity index is 408. The maximum absolute atomic E-state index is 13.1. The van der Waals surface area contributed by atoms with E-state index in [9.17, 15) is 4.39 Å². The van der Waals surface area contributed by atoms with Crippen LogP contribution in [0, 0.1) is 5.82 Å². The van der Waals surface area contributed by atoms with Crippen molar-refractivity contribution in [3.63, 3.8) is 0 Å². The Morgan fingerprint density at radius 1 is 1.42 bits per heavy atom. The molecule has 1 aromatic carbocycles. The second-order valence-electron chi connectivity index (χ2n) is 2.61. The van der Waals surface area contributed by atoms with Crippen LogP contribution in [-0.2, 0) is 5.33 Å². The lowest BCUT2D eigenvalue weighted by Gasteiger charge is -1.96. The van der Waals surface area contributed by atoms with Crippen LogP contribution >= 0.6 is 15.9 Å². The van der Waals surface area contributed by atoms with Crippen molar-refractivity contribution >= 4 is 26.8 Å². The van der Waals surface area contributed by atoms with Crippen LogP contribution in [0.25, 0.3) is 10.9 Å². The zero-order valence-electron chi connectivity index (χ0n) is 6.27. The summed E-state index contributed by atoms with van der Waals surface area (Å²) in [5, 5.41) is 1.37. The molecule has 2 rings (SSSR count). The summed E-state index contributed by atoms with van der Waals surface area (Å²) in [5.41, 5.74) is 1.83. The van der Waals surface area contributed by atoms with E-state index in [0.717, 1.165) is 11.1 Å². The highest BCUT2D eigenvalue weighted by atomic mass is 79.9. The van der Waals surface area contributed by atoms with Gasteiger partial charge in [-0.2, -0.15) is 0 Å². The first kappa shape index (κ1) is 7.80. The summed E-state index contributed by atoms with van der Waals surface area (Å²) in [6, 6.07) is 5.69. The number of aromatic nitrogens is 1. The molecule has 1 aromatic heterocycles. The van der Waals surface area contributed by atoms with E-state index in [-0.39, 0.29) is 5.82 Å². The summed E-state index contributed by atoms with van der Waals surface area (Å²) in [6.07, 6.45) is 1.39. The predicted octanol–water partition coefficient (Wildman–Crippen LogP) is 3.20. The van der Waals surface area contributed by atoms with Crippen LogP contribution in [-0.4, -0.2) is 4.98 Å². The van der Waals surface area contributed by atoms with Crippen molar-refractivity contribution in [2.45, 2.75) is 5.33 Å². The summed E-state index contributed by atoms with van der Waals surface area (Å²) < 4.78 is 13.1. The highest BCUT2D eigenvalue weighted by Gasteiger charge is 2.05. The first-order chi connectivity index (χ1) is 5.83. The Balaban J connectivity index is 2.84. The van der Waals surface area contributed by atoms with Crippen molar-refractivity contribution < 1.29 is 4.39 Å². The first-order valence-corrected chi connectivity index (χ1v) is 4.75. The number of hydrogen-bond donors (Lipinski definition) is 1. The minimum Gasteiger partial charge on any atom is -0.359 e. The fourth-order valence-corrected chi connectivity index (χ4v) is 1.79. The topological polar surface area (TPSA) is 15.8 Å². The van der Waals surface area contributed by atoms with Gasteiger partial charge in [-0.15, -0.1) is 0 Å². The Hall–Kier alpha value is -0.830. The zero-order chi connectivity index (χ0) is 8.55. The predicted molar refractivity (Wildman–Crippen MR) is 50.9 cm³/mol. The number of hydrogen-bond acceptors (Lipinski definition) is 0. The molecule has 0 bridgehead atoms. The van der Waals surface area contributed by atoms with E-state index in [1.807, 2.05) is 18.2 Å². The Labute approximate surface area is 77.7 Å². The van der Waals surface area contributed by atoms with Gasteiger partial charge < -0.3 is 4.98 Å². The van der Waals surface area contributed by atoms with E-state index in [1.54, 1.807) is 0 Å². The van der Waals surface area contributed by atoms with Crippen LogP contribution in [0.1, 0.15) is 5.56 Å². The molecule has 0 unspecified atom stereocenters. The van der Waals surface area contributed by atoms with E-state index in [4.69, 9.17) is 0 Å². The maximum Gasteiger partial charge on any atom is 0.148 e. The highest BCUT2D eigenvalue weighted by molar-refractivity contribution is 9.08. The molecule has 1 N–H and O–H groups in total. The summed E-state index contributed by atoms with van der Waals surface area (Å²) >= 11 is 3.32. The van der Waals surface area contributed by atoms with Gasteiger partial charge in [0.05, 0.1) is 0 Å². The third-order valence-corrected chi connectivity index (χ3v) is 2.49. The number of rotatable bonds is 1. The van der Waals surface area contributed by atoms with E-state index < -0.39 is 0 Å². The molecule has 12 heavy (non-hydrogen) atoms. The van der Waals surface area contributed by atoms with Crippen LogP contribution in [0.15, 0.2) is 24.4 Å². The normalized spacial score (nSPS) is 10.8. The lowest BCUT2D eigenvalue weighted by Crippen LogP contribution is -1.79. The maximum atomic E-state index is 13.1. The quantitative estimate of drug-likeness (QED) is 0.721. The molecule has 0 aliphatic heterocycles. The molecule has 0 atom stereocenters. The third kappa shape index (κ3) is 1.05. The molecule has 1 heterocycles. The van der Waals surface area contributed by atoms with Gasteiger partial charge >= 0.3 is 0 Å². The number of benzene rings is 1. The van der Waals surface area contributed by atoms with Crippen molar-refractivity contribution in [1.29, 1.82) is 0 Å². The van der Waals surface area contributed by atoms with Gasteiger partial charge in [-0.1, -0.05) is 28.1 Å². The number of nitrogens with one attached hydrogen (secondary N) is 1. The Kier molecular flexibility index (Phi) is 1.89. The molecule has 0 aliphatic carbocycles. The van der Waals surface area contributed by atoms with Gasteiger partial charge in [-0.25, -0.2) is 4.39 Å². The van der Waals surface area contributed by atoms with Gasteiger partial charge in [0.15, 0.2) is 0 Å². The monoisotopic (exact) mass is 227 g/mol. The summed E-state index contributed by atoms with van der Waals surface area (Å²) in [4.78, 5) is 2.87. The van der Waals surface area contributed by atoms with Crippen LogP contribution in [0.2, 0.25) is 0 Å². The summed E-state index contributed by atoms with van der Waals surface area (Å²) in [7, 11) is 0. The van der Waals surface area contributed by atoms with Crippen LogP contribution < -0.4 is 0 Å². The summed E-state index contributed by atoms with van der Waals surface area (Å²) in [5.74, 6) is -0.181. The molecule has 0 spiro atoms. The van der Waals surface area contributed by atoms with Gasteiger partial charge in [-0.3, -0.25) is 0 Å². The van der Waals surface area contributed by atoms with Crippen molar-refractivity contribution in [3.05, 3.63) is 35.8 Å². The molecule has 0 amide bonds. The molecule has 62 valence electrons. The van der Waals surface area contributed by atoms with Gasteiger partial charge in [0.2, 0.25) is 0 Å². The van der Waals surface area contributed by atoms with Crippen molar-refractivity contribution in [2.75, 3.05) is 0 Å². The minimum atomic E-state index is -0.181. The fraction of sp³-hybridized carbons (Fsp3) is 0.111. The standard InChI is InChI=1S/C9H7BrFN/c10-4-6-2-1-3-8-9(6)7(11)5-12-8/h1-3,5,12H,4H2. The number of alkyl halides is 1. The average molecular weight is 228 g/mol. The summed E-state index contributed by atoms with van der Waals surface area (Å²) in [6.45, 7) is 0. The van der Waals surface area contributed by atoms with Crippen molar-refractivity contribution in [3.8, 4) is 0 Å². The Morgan fingerprint density at radius 3 is 3.00 bits per heavy atom. The van der Waals surface area contributed by atoms with Gasteiger partial charge in [-0.05, 0) is 11.6 Å². The number of H-pyrrole nitrogens is 1. The molecule has 0 radical (unpaired) electrons. The van der Waals surface area contributed by atoms with Gasteiger partial charge in [0.25, 0.3) is 0 Å². The SMILES string of the molecule is Fc1c[nH]c2cccc(CBr)c12. The molecule has 2 aromatic rings. The zero-order valence-corrected chi connectivity index (χ0v) is 7.86. The van der Waals surface area contributed by atoms with E-state index in [1.165, 1.54) is 6.20 Å². The molecule has 0 saturated heterocycles.